The van der Waals surface area contributed by atoms with Gasteiger partial charge in [-0.3, -0.25) is 4.98 Å². The lowest BCUT2D eigenvalue weighted by atomic mass is 9.92. The number of fused-ring (bicyclic) bond motifs is 1. The number of aromatic nitrogens is 1. The van der Waals surface area contributed by atoms with Crippen molar-refractivity contribution >= 4 is 0 Å². The first kappa shape index (κ1) is 14.7. The largest absolute Gasteiger partial charge is 0.495 e. The van der Waals surface area contributed by atoms with Gasteiger partial charge in [0.15, 0.2) is 11.5 Å². The summed E-state index contributed by atoms with van der Waals surface area (Å²) in [7, 11) is 3.36. The molecule has 0 N–H and O–H groups in total. The highest BCUT2D eigenvalue weighted by Crippen LogP contribution is 2.37. The van der Waals surface area contributed by atoms with Crippen molar-refractivity contribution in [3.05, 3.63) is 47.3 Å². The Hall–Kier alpha value is -2.23. The maximum absolute atomic E-state index is 5.94. The Morgan fingerprint density at radius 3 is 2.73 bits per heavy atom. The molecule has 0 bridgehead atoms. The molecule has 1 atom stereocenters. The third kappa shape index (κ3) is 2.86. The van der Waals surface area contributed by atoms with E-state index < -0.39 is 0 Å². The van der Waals surface area contributed by atoms with E-state index in [0.29, 0.717) is 12.5 Å². The normalized spacial score (nSPS) is 16.6. The first-order valence-electron chi connectivity index (χ1n) is 7.50. The highest BCUT2D eigenvalue weighted by Gasteiger charge is 2.24. The molecule has 0 unspecified atom stereocenters. The minimum absolute atomic E-state index is 0.391. The molecule has 0 spiro atoms. The molecule has 0 saturated carbocycles. The molecule has 116 valence electrons. The van der Waals surface area contributed by atoms with Crippen LogP contribution in [0.4, 0.5) is 0 Å². The molecule has 1 aliphatic rings. The van der Waals surface area contributed by atoms with Gasteiger partial charge in [0.1, 0.15) is 5.75 Å². The summed E-state index contributed by atoms with van der Waals surface area (Å²) in [6.45, 7) is 2.67. The van der Waals surface area contributed by atoms with E-state index in [1.807, 2.05) is 31.2 Å². The van der Waals surface area contributed by atoms with Gasteiger partial charge in [0.25, 0.3) is 0 Å². The molecule has 0 amide bonds. The highest BCUT2D eigenvalue weighted by molar-refractivity contribution is 5.48. The molecule has 1 aliphatic heterocycles. The lowest BCUT2D eigenvalue weighted by Gasteiger charge is -2.26. The lowest BCUT2D eigenvalue weighted by Crippen LogP contribution is -2.23. The van der Waals surface area contributed by atoms with Gasteiger partial charge < -0.3 is 14.2 Å². The van der Waals surface area contributed by atoms with E-state index in [0.717, 1.165) is 41.5 Å². The summed E-state index contributed by atoms with van der Waals surface area (Å²) in [4.78, 5) is 4.62. The molecule has 1 aromatic carbocycles. The average molecular weight is 299 g/mol. The summed E-state index contributed by atoms with van der Waals surface area (Å²) in [5.41, 5.74) is 3.21. The maximum Gasteiger partial charge on any atom is 0.164 e. The molecular weight excluding hydrogens is 278 g/mol. The molecule has 2 aromatic rings. The van der Waals surface area contributed by atoms with E-state index in [1.165, 1.54) is 5.56 Å². The van der Waals surface area contributed by atoms with Gasteiger partial charge >= 0.3 is 0 Å². The van der Waals surface area contributed by atoms with Crippen LogP contribution < -0.4 is 14.2 Å². The fourth-order valence-corrected chi connectivity index (χ4v) is 2.95. The fourth-order valence-electron chi connectivity index (χ4n) is 2.95. The van der Waals surface area contributed by atoms with Gasteiger partial charge in [-0.1, -0.05) is 12.1 Å². The summed E-state index contributed by atoms with van der Waals surface area (Å²) in [5, 5.41) is 0. The number of hydrogen-bond acceptors (Lipinski definition) is 4. The quantitative estimate of drug-likeness (QED) is 0.869. The minimum Gasteiger partial charge on any atom is -0.495 e. The van der Waals surface area contributed by atoms with Crippen molar-refractivity contribution in [1.82, 2.24) is 4.98 Å². The molecule has 0 fully saturated rings. The minimum atomic E-state index is 0.391. The highest BCUT2D eigenvalue weighted by atomic mass is 16.5. The predicted octanol–water partition coefficient (Wildman–Crippen LogP) is 3.20. The van der Waals surface area contributed by atoms with Crippen molar-refractivity contribution in [2.45, 2.75) is 19.8 Å². The predicted molar refractivity (Wildman–Crippen MR) is 84.9 cm³/mol. The third-order valence-corrected chi connectivity index (χ3v) is 4.03. The Morgan fingerprint density at radius 2 is 1.95 bits per heavy atom. The second kappa shape index (κ2) is 6.26. The Bertz CT molecular complexity index is 669. The van der Waals surface area contributed by atoms with Crippen LogP contribution in [-0.4, -0.2) is 25.8 Å². The first-order chi connectivity index (χ1) is 10.7. The monoisotopic (exact) mass is 299 g/mol. The van der Waals surface area contributed by atoms with Crippen LogP contribution in [0.25, 0.3) is 0 Å². The van der Waals surface area contributed by atoms with Crippen molar-refractivity contribution in [3.8, 4) is 17.2 Å². The summed E-state index contributed by atoms with van der Waals surface area (Å²) in [6.07, 6.45) is 1.81. The summed E-state index contributed by atoms with van der Waals surface area (Å²) in [6, 6.07) is 10.0. The molecule has 3 rings (SSSR count). The summed E-state index contributed by atoms with van der Waals surface area (Å²) < 4.78 is 16.7. The molecule has 1 aromatic heterocycles. The van der Waals surface area contributed by atoms with E-state index in [1.54, 1.807) is 14.2 Å². The third-order valence-electron chi connectivity index (χ3n) is 4.03. The van der Waals surface area contributed by atoms with Crippen LogP contribution in [0.1, 0.15) is 17.0 Å². The molecular formula is C18H21NO3. The fraction of sp³-hybridized carbons (Fsp3) is 0.389. The zero-order valence-corrected chi connectivity index (χ0v) is 13.3. The number of hydrogen-bond donors (Lipinski definition) is 0. The van der Waals surface area contributed by atoms with Gasteiger partial charge in [-0.15, -0.1) is 0 Å². The average Bonchev–Trinajstić information content (AvgIpc) is 2.54. The number of nitrogens with zero attached hydrogens (tertiary/aromatic N) is 1. The van der Waals surface area contributed by atoms with Gasteiger partial charge in [-0.25, -0.2) is 0 Å². The van der Waals surface area contributed by atoms with Crippen LogP contribution in [0.15, 0.2) is 30.3 Å². The Kier molecular flexibility index (Phi) is 4.18. The SMILES string of the molecule is COc1ccc(C)nc1C[C@@H]1COc2c(cccc2OC)C1. The van der Waals surface area contributed by atoms with Crippen LogP contribution in [0.3, 0.4) is 0 Å². The Morgan fingerprint density at radius 1 is 1.14 bits per heavy atom. The second-order valence-corrected chi connectivity index (χ2v) is 5.64. The van der Waals surface area contributed by atoms with E-state index >= 15 is 0 Å². The molecule has 0 radical (unpaired) electrons. The van der Waals surface area contributed by atoms with Crippen molar-refractivity contribution in [2.75, 3.05) is 20.8 Å². The maximum atomic E-state index is 5.94. The van der Waals surface area contributed by atoms with Crippen LogP contribution in [0.2, 0.25) is 0 Å². The Labute approximate surface area is 131 Å². The van der Waals surface area contributed by atoms with Crippen LogP contribution in [-0.2, 0) is 12.8 Å². The van der Waals surface area contributed by atoms with Gasteiger partial charge in [-0.05, 0) is 43.5 Å². The summed E-state index contributed by atoms with van der Waals surface area (Å²) in [5.74, 6) is 2.93. The molecule has 0 saturated heterocycles. The van der Waals surface area contributed by atoms with Crippen LogP contribution in [0, 0.1) is 12.8 Å². The first-order valence-corrected chi connectivity index (χ1v) is 7.50. The van der Waals surface area contributed by atoms with Gasteiger partial charge in [-0.2, -0.15) is 0 Å². The van der Waals surface area contributed by atoms with E-state index in [2.05, 4.69) is 11.1 Å². The molecule has 0 aliphatic carbocycles. The molecule has 4 nitrogen and oxygen atoms in total. The van der Waals surface area contributed by atoms with Gasteiger partial charge in [0.2, 0.25) is 0 Å². The van der Waals surface area contributed by atoms with Crippen molar-refractivity contribution in [2.24, 2.45) is 5.92 Å². The van der Waals surface area contributed by atoms with Crippen molar-refractivity contribution in [3.63, 3.8) is 0 Å². The standard InChI is InChI=1S/C18H21NO3/c1-12-7-8-16(20-2)15(19-12)10-13-9-14-5-4-6-17(21-3)18(14)22-11-13/h4-8,13H,9-11H2,1-3H3/t13-/m1/s1. The zero-order chi connectivity index (χ0) is 15.5. The van der Waals surface area contributed by atoms with E-state index in [4.69, 9.17) is 14.2 Å². The Balaban J connectivity index is 1.80. The van der Waals surface area contributed by atoms with Gasteiger partial charge in [0.05, 0.1) is 26.5 Å². The smallest absolute Gasteiger partial charge is 0.164 e. The number of methoxy groups -OCH3 is 2. The van der Waals surface area contributed by atoms with E-state index in [9.17, 15) is 0 Å². The number of para-hydroxylation sites is 1. The van der Waals surface area contributed by atoms with Crippen LogP contribution in [0.5, 0.6) is 17.2 Å². The van der Waals surface area contributed by atoms with E-state index in [-0.39, 0.29) is 0 Å². The lowest BCUT2D eigenvalue weighted by molar-refractivity contribution is 0.209. The number of benzene rings is 1. The van der Waals surface area contributed by atoms with Crippen LogP contribution >= 0.6 is 0 Å². The molecule has 22 heavy (non-hydrogen) atoms. The number of ether oxygens (including phenoxy) is 3. The number of aryl methyl sites for hydroxylation is 1. The zero-order valence-electron chi connectivity index (χ0n) is 13.3. The molecule has 2 heterocycles. The molecule has 4 heteroatoms. The topological polar surface area (TPSA) is 40.6 Å². The number of pyridine rings is 1. The van der Waals surface area contributed by atoms with Gasteiger partial charge in [0, 0.05) is 11.6 Å². The number of rotatable bonds is 4. The van der Waals surface area contributed by atoms with Crippen molar-refractivity contribution < 1.29 is 14.2 Å². The summed E-state index contributed by atoms with van der Waals surface area (Å²) >= 11 is 0. The second-order valence-electron chi connectivity index (χ2n) is 5.64. The van der Waals surface area contributed by atoms with Crippen molar-refractivity contribution in [1.29, 1.82) is 0 Å².